The van der Waals surface area contributed by atoms with Gasteiger partial charge in [0.2, 0.25) is 11.8 Å². The number of carbonyl (C=O) groups is 4. The highest BCUT2D eigenvalue weighted by Crippen LogP contribution is 2.30. The molecule has 31 heavy (non-hydrogen) atoms. The van der Waals surface area contributed by atoms with Gasteiger partial charge in [0.05, 0.1) is 29.3 Å². The third kappa shape index (κ3) is 4.24. The van der Waals surface area contributed by atoms with Gasteiger partial charge >= 0.3 is 0 Å². The van der Waals surface area contributed by atoms with Crippen molar-refractivity contribution in [2.75, 3.05) is 10.2 Å². The number of nitrogens with one attached hydrogen (secondary N) is 2. The minimum Gasteiger partial charge on any atom is -0.348 e. The van der Waals surface area contributed by atoms with E-state index in [4.69, 9.17) is 0 Å². The van der Waals surface area contributed by atoms with Crippen LogP contribution in [0.4, 0.5) is 11.4 Å². The number of hydrogen-bond acceptors (Lipinski definition) is 5. The molecule has 4 rings (SSSR count). The first-order valence-electron chi connectivity index (χ1n) is 9.62. The van der Waals surface area contributed by atoms with E-state index < -0.39 is 17.9 Å². The number of benzene rings is 2. The number of amides is 4. The number of rotatable bonds is 6. The van der Waals surface area contributed by atoms with Gasteiger partial charge in [-0.3, -0.25) is 19.2 Å². The van der Waals surface area contributed by atoms with Crippen LogP contribution in [0.2, 0.25) is 0 Å². The minimum absolute atomic E-state index is 0.0529. The topological polar surface area (TPSA) is 95.6 Å². The van der Waals surface area contributed by atoms with Crippen LogP contribution in [0.1, 0.15) is 45.0 Å². The van der Waals surface area contributed by atoms with Gasteiger partial charge < -0.3 is 10.6 Å². The van der Waals surface area contributed by atoms with Crippen LogP contribution in [0.5, 0.6) is 0 Å². The minimum atomic E-state index is -0.433. The summed E-state index contributed by atoms with van der Waals surface area (Å²) in [6.07, 6.45) is 0.0529. The molecule has 1 aliphatic heterocycles. The van der Waals surface area contributed by atoms with Crippen molar-refractivity contribution in [2.45, 2.75) is 19.4 Å². The summed E-state index contributed by atoms with van der Waals surface area (Å²) >= 11 is 1.46. The van der Waals surface area contributed by atoms with E-state index in [9.17, 15) is 19.2 Å². The molecule has 0 fully saturated rings. The molecule has 8 heteroatoms. The Hall–Kier alpha value is -3.78. The van der Waals surface area contributed by atoms with Crippen molar-refractivity contribution in [3.63, 3.8) is 0 Å². The molecule has 2 aromatic carbocycles. The lowest BCUT2D eigenvalue weighted by atomic mass is 10.1. The molecule has 1 aliphatic rings. The van der Waals surface area contributed by atoms with E-state index in [-0.39, 0.29) is 18.2 Å². The zero-order valence-corrected chi connectivity index (χ0v) is 17.4. The second-order valence-electron chi connectivity index (χ2n) is 7.06. The molecular formula is C23H19N3O4S. The second-order valence-corrected chi connectivity index (χ2v) is 8.04. The maximum absolute atomic E-state index is 12.7. The number of fused-ring (bicyclic) bond motifs is 1. The fourth-order valence-electron chi connectivity index (χ4n) is 3.50. The summed E-state index contributed by atoms with van der Waals surface area (Å²) in [7, 11) is 0. The molecule has 156 valence electrons. The van der Waals surface area contributed by atoms with E-state index in [1.54, 1.807) is 48.5 Å². The zero-order valence-electron chi connectivity index (χ0n) is 16.6. The largest absolute Gasteiger partial charge is 0.348 e. The Balaban J connectivity index is 1.50. The van der Waals surface area contributed by atoms with Gasteiger partial charge in [-0.15, -0.1) is 11.3 Å². The molecule has 3 aromatic rings. The molecule has 7 nitrogen and oxygen atoms in total. The molecule has 2 N–H and O–H groups in total. The number of anilines is 2. The van der Waals surface area contributed by atoms with Crippen LogP contribution in [0.25, 0.3) is 0 Å². The van der Waals surface area contributed by atoms with E-state index in [1.165, 1.54) is 18.3 Å². The summed E-state index contributed by atoms with van der Waals surface area (Å²) in [6.45, 7) is 1.41. The van der Waals surface area contributed by atoms with Gasteiger partial charge in [0, 0.05) is 17.5 Å². The van der Waals surface area contributed by atoms with Gasteiger partial charge in [-0.2, -0.15) is 0 Å². The lowest BCUT2D eigenvalue weighted by Crippen LogP contribution is -2.30. The van der Waals surface area contributed by atoms with Gasteiger partial charge in [-0.25, -0.2) is 4.90 Å². The van der Waals surface area contributed by atoms with Crippen LogP contribution in [0, 0.1) is 0 Å². The summed E-state index contributed by atoms with van der Waals surface area (Å²) in [5, 5.41) is 7.46. The van der Waals surface area contributed by atoms with Crippen molar-refractivity contribution in [2.24, 2.45) is 0 Å². The van der Waals surface area contributed by atoms with E-state index in [2.05, 4.69) is 10.6 Å². The Bertz CT molecular complexity index is 1140. The molecule has 0 radical (unpaired) electrons. The van der Waals surface area contributed by atoms with Crippen LogP contribution < -0.4 is 15.5 Å². The number of hydrogen-bond donors (Lipinski definition) is 2. The number of thiophene rings is 1. The molecular weight excluding hydrogens is 414 g/mol. The lowest BCUT2D eigenvalue weighted by molar-refractivity contribution is -0.120. The summed E-state index contributed by atoms with van der Waals surface area (Å²) in [4.78, 5) is 51.5. The first-order valence-corrected chi connectivity index (χ1v) is 10.5. The molecule has 1 aromatic heterocycles. The molecule has 0 saturated carbocycles. The van der Waals surface area contributed by atoms with Crippen molar-refractivity contribution < 1.29 is 19.2 Å². The summed E-state index contributed by atoms with van der Waals surface area (Å²) in [5.41, 5.74) is 1.54. The van der Waals surface area contributed by atoms with Crippen LogP contribution in [0.15, 0.2) is 66.0 Å². The quantitative estimate of drug-likeness (QED) is 0.579. The third-order valence-electron chi connectivity index (χ3n) is 4.84. The SMILES string of the molecule is CC(=O)NC(CC(=O)Nc1cccc(N2C(=O)c3ccccc3C2=O)c1)c1cccs1. The fraction of sp³-hybridized carbons (Fsp3) is 0.130. The first-order chi connectivity index (χ1) is 14.9. The van der Waals surface area contributed by atoms with Crippen LogP contribution in [-0.4, -0.2) is 23.6 Å². The van der Waals surface area contributed by atoms with Crippen molar-refractivity contribution in [1.29, 1.82) is 0 Å². The molecule has 4 amide bonds. The maximum Gasteiger partial charge on any atom is 0.266 e. The Kier molecular flexibility index (Phi) is 5.64. The van der Waals surface area contributed by atoms with Crippen molar-refractivity contribution >= 4 is 46.3 Å². The average molecular weight is 433 g/mol. The fourth-order valence-corrected chi connectivity index (χ4v) is 4.28. The number of imide groups is 1. The predicted molar refractivity (Wildman–Crippen MR) is 118 cm³/mol. The van der Waals surface area contributed by atoms with Gasteiger partial charge in [-0.05, 0) is 41.8 Å². The van der Waals surface area contributed by atoms with E-state index in [0.29, 0.717) is 22.5 Å². The Morgan fingerprint density at radius 1 is 0.968 bits per heavy atom. The average Bonchev–Trinajstić information content (AvgIpc) is 3.35. The summed E-state index contributed by atoms with van der Waals surface area (Å²) in [6, 6.07) is 16.5. The number of nitrogens with zero attached hydrogens (tertiary/aromatic N) is 1. The van der Waals surface area contributed by atoms with Crippen molar-refractivity contribution in [3.05, 3.63) is 82.0 Å². The van der Waals surface area contributed by atoms with Crippen LogP contribution in [-0.2, 0) is 9.59 Å². The predicted octanol–water partition coefficient (Wildman–Crippen LogP) is 3.75. The van der Waals surface area contributed by atoms with E-state index in [1.807, 2.05) is 17.5 Å². The number of carbonyl (C=O) groups excluding carboxylic acids is 4. The molecule has 1 unspecified atom stereocenters. The highest BCUT2D eigenvalue weighted by Gasteiger charge is 2.36. The monoisotopic (exact) mass is 433 g/mol. The standard InChI is InChI=1S/C23H19N3O4S/c1-14(27)24-19(20-10-5-11-31-20)13-21(28)25-15-6-4-7-16(12-15)26-22(29)17-8-2-3-9-18(17)23(26)30/h2-12,19H,13H2,1H3,(H,24,27)(H,25,28). The van der Waals surface area contributed by atoms with E-state index in [0.717, 1.165) is 9.78 Å². The maximum atomic E-state index is 12.7. The van der Waals surface area contributed by atoms with Crippen molar-refractivity contribution in [1.82, 2.24) is 5.32 Å². The summed E-state index contributed by atoms with van der Waals surface area (Å²) in [5.74, 6) is -1.31. The van der Waals surface area contributed by atoms with Crippen LogP contribution >= 0.6 is 11.3 Å². The zero-order chi connectivity index (χ0) is 22.0. The molecule has 2 heterocycles. The van der Waals surface area contributed by atoms with Crippen molar-refractivity contribution in [3.8, 4) is 0 Å². The highest BCUT2D eigenvalue weighted by molar-refractivity contribution is 7.10. The Morgan fingerprint density at radius 3 is 2.29 bits per heavy atom. The normalized spacial score (nSPS) is 13.6. The van der Waals surface area contributed by atoms with Gasteiger partial charge in [0.15, 0.2) is 0 Å². The molecule has 1 atom stereocenters. The third-order valence-corrected chi connectivity index (χ3v) is 5.82. The lowest BCUT2D eigenvalue weighted by Gasteiger charge is -2.17. The van der Waals surface area contributed by atoms with Gasteiger partial charge in [0.1, 0.15) is 0 Å². The first kappa shape index (κ1) is 20.5. The summed E-state index contributed by atoms with van der Waals surface area (Å²) < 4.78 is 0. The molecule has 0 spiro atoms. The van der Waals surface area contributed by atoms with Gasteiger partial charge in [-0.1, -0.05) is 24.3 Å². The van der Waals surface area contributed by atoms with Gasteiger partial charge in [0.25, 0.3) is 11.8 Å². The molecule has 0 bridgehead atoms. The molecule has 0 saturated heterocycles. The highest BCUT2D eigenvalue weighted by atomic mass is 32.1. The van der Waals surface area contributed by atoms with E-state index >= 15 is 0 Å². The molecule has 0 aliphatic carbocycles. The van der Waals surface area contributed by atoms with Crippen LogP contribution in [0.3, 0.4) is 0 Å². The second kappa shape index (κ2) is 8.53. The smallest absolute Gasteiger partial charge is 0.266 e. The Morgan fingerprint density at radius 2 is 1.68 bits per heavy atom. The Labute approximate surface area is 182 Å².